The Morgan fingerprint density at radius 2 is 0.788 bits per heavy atom. The molecule has 258 valence electrons. The highest BCUT2D eigenvalue weighted by molar-refractivity contribution is 6.62. The average molecular weight is 680 g/mol. The molecule has 0 N–H and O–H groups in total. The molecule has 1 saturated heterocycles. The number of hydrogen-bond donors (Lipinski definition) is 0. The van der Waals surface area contributed by atoms with Crippen LogP contribution in [0.5, 0.6) is 0 Å². The second-order valence-corrected chi connectivity index (χ2v) is 16.9. The number of benzene rings is 6. The summed E-state index contributed by atoms with van der Waals surface area (Å²) in [5.41, 5.74) is 16.3. The van der Waals surface area contributed by atoms with Crippen molar-refractivity contribution in [1.82, 2.24) is 0 Å². The van der Waals surface area contributed by atoms with Crippen LogP contribution in [0, 0.1) is 0 Å². The van der Waals surface area contributed by atoms with Crippen molar-refractivity contribution in [1.29, 1.82) is 0 Å². The van der Waals surface area contributed by atoms with Gasteiger partial charge >= 0.3 is 7.12 Å². The molecule has 3 heterocycles. The molecule has 6 aromatic carbocycles. The number of anilines is 3. The highest BCUT2D eigenvalue weighted by Crippen LogP contribution is 2.61. The maximum atomic E-state index is 6.40. The van der Waals surface area contributed by atoms with Gasteiger partial charge in [-0.25, -0.2) is 0 Å². The summed E-state index contributed by atoms with van der Waals surface area (Å²) in [6.07, 6.45) is 0. The molecule has 0 saturated carbocycles. The molecule has 9 rings (SSSR count). The van der Waals surface area contributed by atoms with Gasteiger partial charge in [0.05, 0.1) is 28.3 Å². The first kappa shape index (κ1) is 33.0. The van der Waals surface area contributed by atoms with Gasteiger partial charge in [0.25, 0.3) is 0 Å². The van der Waals surface area contributed by atoms with E-state index >= 15 is 0 Å². The van der Waals surface area contributed by atoms with Crippen molar-refractivity contribution in [2.24, 2.45) is 0 Å². The first-order chi connectivity index (χ1) is 24.8. The Morgan fingerprint density at radius 3 is 1.23 bits per heavy atom. The third kappa shape index (κ3) is 4.88. The molecule has 52 heavy (non-hydrogen) atoms. The predicted octanol–water partition coefficient (Wildman–Crippen LogP) is 11.7. The molecule has 3 aliphatic rings. The molecule has 0 bridgehead atoms. The standard InChI is InChI=1S/C48H46BNO2/c1-45(2)38-27-34(31-15-11-9-12-16-31)21-25-42(38)50-43-26-22-35(32-17-13-10-14-18-32)28-39(43)46(3,4)41-30-36(29-40(45)44(41)50)33-19-23-37(24-20-33)49-51-47(5,6)48(7,8)52-49/h9-30H,1-8H3. The molecule has 0 aliphatic carbocycles. The minimum absolute atomic E-state index is 0.253. The number of rotatable bonds is 4. The van der Waals surface area contributed by atoms with E-state index in [1.54, 1.807) is 0 Å². The zero-order valence-electron chi connectivity index (χ0n) is 31.5. The molecule has 0 amide bonds. The second kappa shape index (κ2) is 11.3. The number of nitrogens with zero attached hydrogens (tertiary/aromatic N) is 1. The van der Waals surface area contributed by atoms with Gasteiger partial charge < -0.3 is 14.2 Å². The fourth-order valence-electron chi connectivity index (χ4n) is 8.55. The van der Waals surface area contributed by atoms with E-state index in [1.165, 1.54) is 72.7 Å². The Morgan fingerprint density at radius 1 is 0.404 bits per heavy atom. The van der Waals surface area contributed by atoms with Crippen LogP contribution in [0.4, 0.5) is 17.1 Å². The highest BCUT2D eigenvalue weighted by Gasteiger charge is 2.52. The van der Waals surface area contributed by atoms with Crippen LogP contribution in [-0.2, 0) is 20.1 Å². The summed E-state index contributed by atoms with van der Waals surface area (Å²) in [5, 5.41) is 0. The fraction of sp³-hybridized carbons (Fsp3) is 0.250. The fourth-order valence-corrected chi connectivity index (χ4v) is 8.55. The zero-order valence-corrected chi connectivity index (χ0v) is 31.5. The molecule has 3 nitrogen and oxygen atoms in total. The zero-order chi connectivity index (χ0) is 36.2. The lowest BCUT2D eigenvalue weighted by molar-refractivity contribution is 0.00578. The Balaban J connectivity index is 1.24. The lowest BCUT2D eigenvalue weighted by Gasteiger charge is -2.50. The average Bonchev–Trinajstić information content (AvgIpc) is 3.37. The van der Waals surface area contributed by atoms with E-state index in [4.69, 9.17) is 9.31 Å². The monoisotopic (exact) mass is 679 g/mol. The van der Waals surface area contributed by atoms with Crippen LogP contribution >= 0.6 is 0 Å². The summed E-state index contributed by atoms with van der Waals surface area (Å²) in [5.74, 6) is 0. The highest BCUT2D eigenvalue weighted by atomic mass is 16.7. The van der Waals surface area contributed by atoms with Crippen LogP contribution < -0.4 is 10.4 Å². The van der Waals surface area contributed by atoms with Crippen molar-refractivity contribution in [3.8, 4) is 33.4 Å². The van der Waals surface area contributed by atoms with E-state index < -0.39 is 0 Å². The number of fused-ring (bicyclic) bond motifs is 4. The van der Waals surface area contributed by atoms with E-state index in [1.807, 2.05) is 0 Å². The maximum Gasteiger partial charge on any atom is 0.494 e. The predicted molar refractivity (Wildman–Crippen MR) is 217 cm³/mol. The van der Waals surface area contributed by atoms with Crippen LogP contribution in [0.2, 0.25) is 0 Å². The second-order valence-electron chi connectivity index (χ2n) is 16.9. The first-order valence-corrected chi connectivity index (χ1v) is 18.6. The molecule has 0 atom stereocenters. The largest absolute Gasteiger partial charge is 0.494 e. The van der Waals surface area contributed by atoms with Gasteiger partial charge in [-0.15, -0.1) is 0 Å². The quantitative estimate of drug-likeness (QED) is 0.173. The summed E-state index contributed by atoms with van der Waals surface area (Å²) < 4.78 is 12.8. The Kier molecular flexibility index (Phi) is 7.17. The van der Waals surface area contributed by atoms with Crippen LogP contribution in [-0.4, -0.2) is 18.3 Å². The summed E-state index contributed by atoms with van der Waals surface area (Å²) in [4.78, 5) is 2.56. The van der Waals surface area contributed by atoms with Crippen molar-refractivity contribution in [2.45, 2.75) is 77.4 Å². The van der Waals surface area contributed by atoms with Crippen LogP contribution in [0.15, 0.2) is 133 Å². The molecule has 6 aromatic rings. The Hall–Kier alpha value is -4.90. The van der Waals surface area contributed by atoms with Gasteiger partial charge in [0.1, 0.15) is 0 Å². The van der Waals surface area contributed by atoms with Gasteiger partial charge in [0.2, 0.25) is 0 Å². The molecular formula is C48H46BNO2. The third-order valence-electron chi connectivity index (χ3n) is 12.5. The van der Waals surface area contributed by atoms with E-state index in [-0.39, 0.29) is 29.2 Å². The van der Waals surface area contributed by atoms with Crippen molar-refractivity contribution < 1.29 is 9.31 Å². The van der Waals surface area contributed by atoms with E-state index in [0.717, 1.165) is 5.46 Å². The van der Waals surface area contributed by atoms with E-state index in [9.17, 15) is 0 Å². The summed E-state index contributed by atoms with van der Waals surface area (Å²) in [6, 6.07) is 49.4. The van der Waals surface area contributed by atoms with Gasteiger partial charge in [0, 0.05) is 10.8 Å². The molecule has 4 heteroatoms. The summed E-state index contributed by atoms with van der Waals surface area (Å²) in [6.45, 7) is 18.0. The first-order valence-electron chi connectivity index (χ1n) is 18.6. The van der Waals surface area contributed by atoms with E-state index in [2.05, 4.69) is 194 Å². The maximum absolute atomic E-state index is 6.40. The van der Waals surface area contributed by atoms with Crippen LogP contribution in [0.25, 0.3) is 33.4 Å². The van der Waals surface area contributed by atoms with Gasteiger partial charge in [-0.1, -0.05) is 125 Å². The normalized spacial score (nSPS) is 18.4. The molecule has 1 fully saturated rings. The van der Waals surface area contributed by atoms with Crippen molar-refractivity contribution in [3.63, 3.8) is 0 Å². The molecule has 0 aromatic heterocycles. The summed E-state index contributed by atoms with van der Waals surface area (Å²) in [7, 11) is -0.388. The van der Waals surface area contributed by atoms with Crippen molar-refractivity contribution >= 4 is 29.6 Å². The van der Waals surface area contributed by atoms with Gasteiger partial charge in [-0.2, -0.15) is 0 Å². The topological polar surface area (TPSA) is 21.7 Å². The SMILES string of the molecule is CC1(C)c2cc(-c3ccccc3)ccc2N2c3ccc(-c4ccccc4)cc3C(C)(C)c3cc(-c4ccc(B5OC(C)(C)C(C)(C)O5)cc4)cc1c32. The minimum atomic E-state index is -0.388. The number of hydrogen-bond acceptors (Lipinski definition) is 3. The Bertz CT molecular complexity index is 2220. The molecule has 3 aliphatic heterocycles. The van der Waals surface area contributed by atoms with Crippen molar-refractivity contribution in [3.05, 3.63) is 156 Å². The minimum Gasteiger partial charge on any atom is -0.399 e. The lowest BCUT2D eigenvalue weighted by atomic mass is 9.65. The molecule has 0 radical (unpaired) electrons. The summed E-state index contributed by atoms with van der Waals surface area (Å²) >= 11 is 0. The van der Waals surface area contributed by atoms with Gasteiger partial charge in [0.15, 0.2) is 0 Å². The lowest BCUT2D eigenvalue weighted by Crippen LogP contribution is -2.41. The molecule has 0 unspecified atom stereocenters. The third-order valence-corrected chi connectivity index (χ3v) is 12.5. The van der Waals surface area contributed by atoms with Crippen LogP contribution in [0.1, 0.15) is 77.6 Å². The molecule has 0 spiro atoms. The Labute approximate surface area is 309 Å². The smallest absolute Gasteiger partial charge is 0.399 e. The van der Waals surface area contributed by atoms with E-state index in [0.29, 0.717) is 0 Å². The van der Waals surface area contributed by atoms with Crippen LogP contribution in [0.3, 0.4) is 0 Å². The van der Waals surface area contributed by atoms with Crippen molar-refractivity contribution in [2.75, 3.05) is 4.90 Å². The molecular weight excluding hydrogens is 633 g/mol. The van der Waals surface area contributed by atoms with Gasteiger partial charge in [-0.3, -0.25) is 0 Å². The van der Waals surface area contributed by atoms with Gasteiger partial charge in [-0.05, 0) is 125 Å².